The molecule has 0 bridgehead atoms. The van der Waals surface area contributed by atoms with E-state index in [9.17, 15) is 33.9 Å². The first-order chi connectivity index (χ1) is 23.1. The summed E-state index contributed by atoms with van der Waals surface area (Å²) in [7, 11) is 0. The molecule has 1 spiro atoms. The van der Waals surface area contributed by atoms with E-state index in [1.54, 1.807) is 34.6 Å². The predicted molar refractivity (Wildman–Crippen MR) is 173 cm³/mol. The Morgan fingerprint density at radius 3 is 1.98 bits per heavy atom. The van der Waals surface area contributed by atoms with Gasteiger partial charge in [0.1, 0.15) is 17.8 Å². The van der Waals surface area contributed by atoms with Gasteiger partial charge in [-0.1, -0.05) is 46.8 Å². The molecular formula is C35H49ClO14. The molecule has 0 aromatic rings. The number of hydrogen-bond acceptors (Lipinski definition) is 14. The van der Waals surface area contributed by atoms with Gasteiger partial charge in [-0.3, -0.25) is 28.8 Å². The van der Waals surface area contributed by atoms with E-state index in [1.165, 1.54) is 6.92 Å². The van der Waals surface area contributed by atoms with Crippen LogP contribution in [0.15, 0.2) is 12.2 Å². The molecule has 0 radical (unpaired) electrons. The molecule has 50 heavy (non-hydrogen) atoms. The van der Waals surface area contributed by atoms with Crippen molar-refractivity contribution >= 4 is 47.4 Å². The van der Waals surface area contributed by atoms with Gasteiger partial charge in [-0.05, 0) is 25.7 Å². The molecule has 2 aliphatic carbocycles. The smallest absolute Gasteiger partial charge is 0.312 e. The van der Waals surface area contributed by atoms with Crippen LogP contribution in [0.4, 0.5) is 0 Å². The largest absolute Gasteiger partial charge is 0.461 e. The highest BCUT2D eigenvalue weighted by atomic mass is 35.5. The van der Waals surface area contributed by atoms with Gasteiger partial charge in [-0.25, -0.2) is 0 Å². The summed E-state index contributed by atoms with van der Waals surface area (Å²) in [5.74, 6) is -8.25. The number of halogens is 1. The van der Waals surface area contributed by atoms with Gasteiger partial charge in [0, 0.05) is 33.1 Å². The molecule has 0 aromatic carbocycles. The van der Waals surface area contributed by atoms with Gasteiger partial charge in [-0.2, -0.15) is 0 Å². The van der Waals surface area contributed by atoms with E-state index in [0.29, 0.717) is 5.57 Å². The summed E-state index contributed by atoms with van der Waals surface area (Å²) in [6.07, 6.45) is -9.12. The lowest BCUT2D eigenvalue weighted by molar-refractivity contribution is -0.286. The molecule has 2 heterocycles. The zero-order chi connectivity index (χ0) is 37.7. The minimum atomic E-state index is -2.39. The van der Waals surface area contributed by atoms with Gasteiger partial charge >= 0.3 is 35.8 Å². The fourth-order valence-corrected chi connectivity index (χ4v) is 8.31. The molecule has 4 fully saturated rings. The van der Waals surface area contributed by atoms with Crippen molar-refractivity contribution in [2.45, 2.75) is 135 Å². The number of rotatable bonds is 8. The van der Waals surface area contributed by atoms with Crippen LogP contribution in [0.3, 0.4) is 0 Å². The van der Waals surface area contributed by atoms with Gasteiger partial charge in [0.15, 0.2) is 30.0 Å². The van der Waals surface area contributed by atoms with Crippen LogP contribution < -0.4 is 0 Å². The first-order valence-corrected chi connectivity index (χ1v) is 17.4. The number of alkyl halides is 1. The number of esters is 6. The summed E-state index contributed by atoms with van der Waals surface area (Å²) < 4.78 is 42.0. The second kappa shape index (κ2) is 14.4. The zero-order valence-corrected chi connectivity index (χ0v) is 30.8. The van der Waals surface area contributed by atoms with Crippen molar-refractivity contribution in [3.63, 3.8) is 0 Å². The Hall–Kier alpha value is -3.23. The van der Waals surface area contributed by atoms with Gasteiger partial charge in [-0.15, -0.1) is 11.6 Å². The third kappa shape index (κ3) is 6.99. The van der Waals surface area contributed by atoms with E-state index in [0.717, 1.165) is 20.8 Å². The molecule has 2 unspecified atom stereocenters. The van der Waals surface area contributed by atoms with Gasteiger partial charge in [0.2, 0.25) is 0 Å². The highest BCUT2D eigenvalue weighted by Crippen LogP contribution is 2.64. The lowest BCUT2D eigenvalue weighted by Gasteiger charge is -2.60. The average molecular weight is 729 g/mol. The highest BCUT2D eigenvalue weighted by Gasteiger charge is 2.81. The van der Waals surface area contributed by atoms with Crippen LogP contribution in [-0.2, 0) is 61.9 Å². The lowest BCUT2D eigenvalue weighted by atomic mass is 9.51. The van der Waals surface area contributed by atoms with Gasteiger partial charge in [0.25, 0.3) is 0 Å². The summed E-state index contributed by atoms with van der Waals surface area (Å²) in [5.41, 5.74) is -5.57. The van der Waals surface area contributed by atoms with Crippen molar-refractivity contribution < 1.29 is 67.0 Å². The van der Waals surface area contributed by atoms with E-state index in [4.69, 9.17) is 44.8 Å². The average Bonchev–Trinajstić information content (AvgIpc) is 3.75. The summed E-state index contributed by atoms with van der Waals surface area (Å²) >= 11 is 6.90. The maximum absolute atomic E-state index is 13.5. The summed E-state index contributed by atoms with van der Waals surface area (Å²) in [4.78, 5) is 79.0. The molecule has 15 heteroatoms. The molecule has 4 rings (SSSR count). The van der Waals surface area contributed by atoms with E-state index in [2.05, 4.69) is 6.58 Å². The molecule has 2 saturated carbocycles. The summed E-state index contributed by atoms with van der Waals surface area (Å²) in [6, 6.07) is 0. The normalized spacial score (nSPS) is 39.5. The summed E-state index contributed by atoms with van der Waals surface area (Å²) in [6.45, 7) is 17.0. The Bertz CT molecular complexity index is 1410. The molecule has 2 aliphatic heterocycles. The Morgan fingerprint density at radius 1 is 0.940 bits per heavy atom. The first kappa shape index (κ1) is 39.6. The van der Waals surface area contributed by atoms with Crippen molar-refractivity contribution in [2.24, 2.45) is 29.1 Å². The highest BCUT2D eigenvalue weighted by molar-refractivity contribution is 6.23. The molecule has 280 valence electrons. The molecule has 0 amide bonds. The quantitative estimate of drug-likeness (QED) is 0.126. The number of carbonyl (C=O) groups is 6. The molecule has 1 N–H and O–H groups in total. The van der Waals surface area contributed by atoms with E-state index in [-0.39, 0.29) is 31.8 Å². The van der Waals surface area contributed by atoms with Crippen LogP contribution in [0.1, 0.15) is 81.6 Å². The van der Waals surface area contributed by atoms with Crippen molar-refractivity contribution in [2.75, 3.05) is 6.61 Å². The number of carbonyl (C=O) groups excluding carboxylic acids is 6. The van der Waals surface area contributed by atoms with Gasteiger partial charge < -0.3 is 38.3 Å². The molecule has 2 saturated heterocycles. The second-order valence-corrected chi connectivity index (χ2v) is 15.3. The maximum Gasteiger partial charge on any atom is 0.312 e. The third-order valence-electron chi connectivity index (χ3n) is 10.4. The zero-order valence-electron chi connectivity index (χ0n) is 30.0. The van der Waals surface area contributed by atoms with Gasteiger partial charge in [0.05, 0.1) is 29.2 Å². The third-order valence-corrected chi connectivity index (χ3v) is 10.9. The molecule has 12 atom stereocenters. The van der Waals surface area contributed by atoms with Crippen molar-refractivity contribution in [3.05, 3.63) is 12.2 Å². The minimum Gasteiger partial charge on any atom is -0.461 e. The van der Waals surface area contributed by atoms with E-state index < -0.39 is 112 Å². The van der Waals surface area contributed by atoms with Crippen molar-refractivity contribution in [1.29, 1.82) is 0 Å². The van der Waals surface area contributed by atoms with Crippen molar-refractivity contribution in [1.82, 2.24) is 0 Å². The fraction of sp³-hybridized carbons (Fsp3) is 0.771. The van der Waals surface area contributed by atoms with E-state index in [1.807, 2.05) is 0 Å². The topological polar surface area (TPSA) is 191 Å². The van der Waals surface area contributed by atoms with E-state index >= 15 is 0 Å². The predicted octanol–water partition coefficient (Wildman–Crippen LogP) is 2.96. The molecule has 14 nitrogen and oxygen atoms in total. The molecule has 0 aromatic heterocycles. The first-order valence-electron chi connectivity index (χ1n) is 16.9. The standard InChI is InChI=1S/C35H49ClO14/c1-15(2)13-23(40)49-25-28(45-19(7)37)33(10)22(48-31(41)16(3)4)12-11-17(5)24(36)27-35(43,18(6)32(42)50-27)30(47-21(9)39)26(33)34(14-44-34)29(25)46-20(8)38/h15-16,18,22,24-30,43H,5,11-14H2,1-4,6-10H3/t18-,22-,24-,25+,26+,27-,28-,29+,30?,33+,34-,35?/m0/s1. The monoisotopic (exact) mass is 728 g/mol. The molecular weight excluding hydrogens is 680 g/mol. The second-order valence-electron chi connectivity index (χ2n) is 14.9. The maximum atomic E-state index is 13.5. The number of fused-ring (bicyclic) bond motifs is 3. The fourth-order valence-electron chi connectivity index (χ4n) is 7.95. The minimum absolute atomic E-state index is 0.00626. The SMILES string of the molecule is C=C1CC[C@H](OC(=O)C(C)C)[C@@]2(C)[C@@H](OC(C)=O)[C@@H](OC(=O)CC(C)C)[C@@H](OC(C)=O)[C@]3(CO3)[C@@H]2C(OC(C)=O)C2(O)[C@@H](C)C(=O)O[C@H]2[C@H]1Cl. The lowest BCUT2D eigenvalue weighted by Crippen LogP contribution is -2.76. The Balaban J connectivity index is 2.14. The van der Waals surface area contributed by atoms with Crippen LogP contribution in [0.2, 0.25) is 0 Å². The van der Waals surface area contributed by atoms with Crippen LogP contribution in [-0.4, -0.2) is 101 Å². The molecule has 4 aliphatic rings. The number of epoxide rings is 1. The Labute approximate surface area is 296 Å². The van der Waals surface area contributed by atoms with Crippen LogP contribution in [0, 0.1) is 29.1 Å². The van der Waals surface area contributed by atoms with Crippen LogP contribution in [0.25, 0.3) is 0 Å². The van der Waals surface area contributed by atoms with Crippen LogP contribution >= 0.6 is 11.6 Å². The number of ether oxygens (including phenoxy) is 7. The van der Waals surface area contributed by atoms with Crippen molar-refractivity contribution in [3.8, 4) is 0 Å². The Morgan fingerprint density at radius 2 is 1.48 bits per heavy atom. The Kier molecular flexibility index (Phi) is 11.4. The van der Waals surface area contributed by atoms with Crippen LogP contribution in [0.5, 0.6) is 0 Å². The number of aliphatic hydroxyl groups is 1. The number of hydrogen-bond donors (Lipinski definition) is 1. The summed E-state index contributed by atoms with van der Waals surface area (Å²) in [5, 5.41) is 11.7.